The molecule has 3 nitrogen and oxygen atoms in total. The van der Waals surface area contributed by atoms with Crippen molar-refractivity contribution in [2.24, 2.45) is 5.41 Å². The predicted molar refractivity (Wildman–Crippen MR) is 105 cm³/mol. The molecule has 0 saturated carbocycles. The van der Waals surface area contributed by atoms with Gasteiger partial charge in [0, 0.05) is 6.61 Å². The van der Waals surface area contributed by atoms with Crippen molar-refractivity contribution in [3.63, 3.8) is 0 Å². The molecule has 0 saturated heterocycles. The van der Waals surface area contributed by atoms with Gasteiger partial charge in [0.15, 0.2) is 0 Å². The number of hydrogen-bond donors (Lipinski definition) is 0. The fourth-order valence-corrected chi connectivity index (χ4v) is 2.68. The normalized spacial score (nSPS) is 12.4. The first-order valence-corrected chi connectivity index (χ1v) is 9.30. The number of nitrogens with zero attached hydrogens (tertiary/aromatic N) is 1. The van der Waals surface area contributed by atoms with E-state index in [0.29, 0.717) is 13.2 Å². The largest absolute Gasteiger partial charge is 0.489 e. The van der Waals surface area contributed by atoms with Crippen LogP contribution in [0.3, 0.4) is 0 Å². The van der Waals surface area contributed by atoms with E-state index in [4.69, 9.17) is 14.7 Å². The van der Waals surface area contributed by atoms with Crippen molar-refractivity contribution in [1.82, 2.24) is 0 Å². The summed E-state index contributed by atoms with van der Waals surface area (Å²) in [5.41, 5.74) is 2.03. The number of nitriles is 1. The summed E-state index contributed by atoms with van der Waals surface area (Å²) in [5, 5.41) is 9.04. The topological polar surface area (TPSA) is 42.2 Å². The third-order valence-corrected chi connectivity index (χ3v) is 4.44. The first kappa shape index (κ1) is 20.0. The zero-order chi connectivity index (χ0) is 18.8. The quantitative estimate of drug-likeness (QED) is 0.488. The zero-order valence-electron chi connectivity index (χ0n) is 16.1. The minimum atomic E-state index is -0.240. The van der Waals surface area contributed by atoms with Crippen LogP contribution in [0.2, 0.25) is 0 Å². The Hall–Kier alpha value is -2.31. The highest BCUT2D eigenvalue weighted by molar-refractivity contribution is 5.30. The lowest BCUT2D eigenvalue weighted by molar-refractivity contribution is 0.0617. The smallest absolute Gasteiger partial charge is 0.120 e. The molecule has 0 radical (unpaired) electrons. The monoisotopic (exact) mass is 351 g/mol. The summed E-state index contributed by atoms with van der Waals surface area (Å²) >= 11 is 0. The van der Waals surface area contributed by atoms with E-state index in [1.807, 2.05) is 50.2 Å². The Morgan fingerprint density at radius 3 is 2.54 bits per heavy atom. The number of rotatable bonds is 10. The van der Waals surface area contributed by atoms with E-state index >= 15 is 0 Å². The van der Waals surface area contributed by atoms with E-state index in [0.717, 1.165) is 36.1 Å². The number of unbranched alkanes of at least 4 members (excludes halogenated alkanes) is 1. The molecular weight excluding hydrogens is 322 g/mol. The minimum absolute atomic E-state index is 0.0271. The molecule has 2 aromatic rings. The maximum Gasteiger partial charge on any atom is 0.120 e. The van der Waals surface area contributed by atoms with Gasteiger partial charge in [-0.1, -0.05) is 42.5 Å². The van der Waals surface area contributed by atoms with Gasteiger partial charge in [-0.05, 0) is 63.3 Å². The third-order valence-electron chi connectivity index (χ3n) is 4.44. The van der Waals surface area contributed by atoms with Gasteiger partial charge >= 0.3 is 0 Å². The molecule has 2 aromatic carbocycles. The zero-order valence-corrected chi connectivity index (χ0v) is 16.1. The molecule has 0 aliphatic carbocycles. The molecule has 0 aliphatic heterocycles. The summed E-state index contributed by atoms with van der Waals surface area (Å²) in [6.45, 7) is 7.30. The highest BCUT2D eigenvalue weighted by Crippen LogP contribution is 2.24. The highest BCUT2D eigenvalue weighted by atomic mass is 16.5. The fraction of sp³-hybridized carbons (Fsp3) is 0.435. The van der Waals surface area contributed by atoms with Crippen LogP contribution in [0.4, 0.5) is 0 Å². The highest BCUT2D eigenvalue weighted by Gasteiger charge is 2.15. The van der Waals surface area contributed by atoms with Gasteiger partial charge in [-0.3, -0.25) is 0 Å². The Balaban J connectivity index is 1.76. The summed E-state index contributed by atoms with van der Waals surface area (Å²) < 4.78 is 11.8. The summed E-state index contributed by atoms with van der Waals surface area (Å²) in [7, 11) is 0. The maximum absolute atomic E-state index is 9.04. The van der Waals surface area contributed by atoms with Crippen LogP contribution in [0, 0.1) is 16.7 Å². The molecule has 0 aliphatic rings. The van der Waals surface area contributed by atoms with Crippen LogP contribution in [0.15, 0.2) is 54.6 Å². The summed E-state index contributed by atoms with van der Waals surface area (Å²) in [5.74, 6) is 0.859. The van der Waals surface area contributed by atoms with Crippen LogP contribution < -0.4 is 4.74 Å². The fourth-order valence-electron chi connectivity index (χ4n) is 2.68. The molecule has 2 rings (SSSR count). The third kappa shape index (κ3) is 6.90. The van der Waals surface area contributed by atoms with Gasteiger partial charge in [0.05, 0.1) is 17.6 Å². The molecular formula is C23H29NO2. The van der Waals surface area contributed by atoms with E-state index in [1.54, 1.807) is 0 Å². The standard InChI is InChI=1S/C23H29NO2/c1-19(25-15-8-7-14-23(2,3)18-24)21-12-9-13-22(16-21)26-17-20-10-5-4-6-11-20/h4-6,9-13,16,19H,7-8,14-15,17H2,1-3H3. The van der Waals surface area contributed by atoms with Gasteiger partial charge in [-0.2, -0.15) is 5.26 Å². The first-order valence-electron chi connectivity index (χ1n) is 9.30. The van der Waals surface area contributed by atoms with Crippen LogP contribution in [0.1, 0.15) is 57.3 Å². The molecule has 0 bridgehead atoms. The second kappa shape index (κ2) is 9.99. The van der Waals surface area contributed by atoms with E-state index in [2.05, 4.69) is 31.2 Å². The van der Waals surface area contributed by atoms with Gasteiger partial charge in [-0.25, -0.2) is 0 Å². The molecule has 138 valence electrons. The SMILES string of the molecule is CC(OCCCCC(C)(C)C#N)c1cccc(OCc2ccccc2)c1. The van der Waals surface area contributed by atoms with E-state index in [9.17, 15) is 0 Å². The Bertz CT molecular complexity index is 704. The van der Waals surface area contributed by atoms with Crippen molar-refractivity contribution < 1.29 is 9.47 Å². The van der Waals surface area contributed by atoms with Gasteiger partial charge in [0.2, 0.25) is 0 Å². The van der Waals surface area contributed by atoms with Crippen molar-refractivity contribution in [3.8, 4) is 11.8 Å². The van der Waals surface area contributed by atoms with E-state index < -0.39 is 0 Å². The van der Waals surface area contributed by atoms with Gasteiger partial charge in [0.25, 0.3) is 0 Å². The van der Waals surface area contributed by atoms with Gasteiger partial charge < -0.3 is 9.47 Å². The lowest BCUT2D eigenvalue weighted by Crippen LogP contribution is -2.08. The first-order chi connectivity index (χ1) is 12.5. The minimum Gasteiger partial charge on any atom is -0.489 e. The Kier molecular flexibility index (Phi) is 7.69. The molecule has 1 atom stereocenters. The predicted octanol–water partition coefficient (Wildman–Crippen LogP) is 6.06. The second-order valence-corrected chi connectivity index (χ2v) is 7.31. The van der Waals surface area contributed by atoms with E-state index in [1.165, 1.54) is 0 Å². The average molecular weight is 351 g/mol. The molecule has 0 N–H and O–H groups in total. The van der Waals surface area contributed by atoms with E-state index in [-0.39, 0.29) is 11.5 Å². The van der Waals surface area contributed by atoms with Crippen LogP contribution in [-0.2, 0) is 11.3 Å². The molecule has 3 heteroatoms. The summed E-state index contributed by atoms with van der Waals surface area (Å²) in [4.78, 5) is 0. The maximum atomic E-state index is 9.04. The lowest BCUT2D eigenvalue weighted by Gasteiger charge is -2.17. The molecule has 0 amide bonds. The summed E-state index contributed by atoms with van der Waals surface area (Å²) in [6, 6.07) is 20.6. The molecule has 0 heterocycles. The second-order valence-electron chi connectivity index (χ2n) is 7.31. The van der Waals surface area contributed by atoms with Crippen molar-refractivity contribution >= 4 is 0 Å². The molecule has 0 fully saturated rings. The molecule has 0 aromatic heterocycles. The van der Waals surface area contributed by atoms with Crippen molar-refractivity contribution in [3.05, 3.63) is 65.7 Å². The summed E-state index contributed by atoms with van der Waals surface area (Å²) in [6.07, 6.45) is 2.91. The van der Waals surface area contributed by atoms with Gasteiger partial charge in [-0.15, -0.1) is 0 Å². The van der Waals surface area contributed by atoms with Crippen LogP contribution in [0.25, 0.3) is 0 Å². The van der Waals surface area contributed by atoms with Crippen LogP contribution in [-0.4, -0.2) is 6.61 Å². The van der Waals surface area contributed by atoms with Crippen molar-refractivity contribution in [2.45, 2.75) is 52.7 Å². The Labute approximate surface area is 157 Å². The van der Waals surface area contributed by atoms with Crippen LogP contribution >= 0.6 is 0 Å². The Morgan fingerprint density at radius 2 is 1.81 bits per heavy atom. The number of benzene rings is 2. The molecule has 26 heavy (non-hydrogen) atoms. The van der Waals surface area contributed by atoms with Crippen molar-refractivity contribution in [2.75, 3.05) is 6.61 Å². The molecule has 0 spiro atoms. The number of hydrogen-bond acceptors (Lipinski definition) is 3. The average Bonchev–Trinajstić information content (AvgIpc) is 2.67. The lowest BCUT2D eigenvalue weighted by atomic mass is 9.89. The van der Waals surface area contributed by atoms with Gasteiger partial charge in [0.1, 0.15) is 12.4 Å². The molecule has 1 unspecified atom stereocenters. The van der Waals surface area contributed by atoms with Crippen molar-refractivity contribution in [1.29, 1.82) is 5.26 Å². The number of ether oxygens (including phenoxy) is 2. The Morgan fingerprint density at radius 1 is 1.04 bits per heavy atom. The van der Waals surface area contributed by atoms with Crippen LogP contribution in [0.5, 0.6) is 5.75 Å².